The molecule has 9 heteroatoms. The van der Waals surface area contributed by atoms with Crippen LogP contribution in [0.25, 0.3) is 0 Å². The number of hydrogen-bond acceptors (Lipinski definition) is 8. The lowest BCUT2D eigenvalue weighted by Gasteiger charge is -2.19. The summed E-state index contributed by atoms with van der Waals surface area (Å²) in [5.74, 6) is -0.181. The van der Waals surface area contributed by atoms with Crippen molar-refractivity contribution in [1.29, 1.82) is 0 Å². The zero-order chi connectivity index (χ0) is 27.3. The Kier molecular flexibility index (Phi) is 19.9. The van der Waals surface area contributed by atoms with E-state index in [0.717, 1.165) is 12.8 Å². The van der Waals surface area contributed by atoms with Crippen LogP contribution in [0.1, 0.15) is 86.5 Å². The number of carbonyl (C=O) groups excluding carboxylic acids is 4. The number of rotatable bonds is 22. The van der Waals surface area contributed by atoms with Crippen molar-refractivity contribution in [2.75, 3.05) is 39.6 Å². The molecule has 0 fully saturated rings. The lowest BCUT2D eigenvalue weighted by molar-refractivity contribution is -0.151. The molecular weight excluding hydrogens is 466 g/mol. The van der Waals surface area contributed by atoms with Crippen LogP contribution in [0, 0.1) is 17.8 Å². The number of carbonyl (C=O) groups is 4. The Labute approximate surface area is 217 Å². The Morgan fingerprint density at radius 2 is 1.19 bits per heavy atom. The minimum absolute atomic E-state index is 0.0674. The molecule has 0 saturated carbocycles. The predicted octanol–water partition coefficient (Wildman–Crippen LogP) is 3.86. The molecule has 1 amide bonds. The summed E-state index contributed by atoms with van der Waals surface area (Å²) >= 11 is 0. The molecule has 9 nitrogen and oxygen atoms in total. The number of nitrogens with one attached hydrogen (secondary N) is 1. The smallest absolute Gasteiger partial charge is 0.328 e. The lowest BCUT2D eigenvalue weighted by Crippen LogP contribution is -2.43. The van der Waals surface area contributed by atoms with Crippen LogP contribution in [0.5, 0.6) is 0 Å². The van der Waals surface area contributed by atoms with E-state index < -0.39 is 12.0 Å². The van der Waals surface area contributed by atoms with E-state index in [2.05, 4.69) is 19.2 Å². The highest BCUT2D eigenvalue weighted by Crippen LogP contribution is 2.16. The Bertz CT molecular complexity index is 635. The van der Waals surface area contributed by atoms with Crippen molar-refractivity contribution in [2.24, 2.45) is 17.8 Å². The summed E-state index contributed by atoms with van der Waals surface area (Å²) in [5.41, 5.74) is 0. The number of esters is 2. The van der Waals surface area contributed by atoms with Crippen LogP contribution in [0.4, 0.5) is 0 Å². The molecule has 0 aliphatic carbocycles. The van der Waals surface area contributed by atoms with Crippen LogP contribution in [0.15, 0.2) is 0 Å². The van der Waals surface area contributed by atoms with E-state index in [-0.39, 0.29) is 55.7 Å². The second-order valence-electron chi connectivity index (χ2n) is 9.95. The molecular formula is C27H49NO8. The summed E-state index contributed by atoms with van der Waals surface area (Å²) in [4.78, 5) is 47.6. The van der Waals surface area contributed by atoms with Gasteiger partial charge < -0.3 is 29.1 Å². The molecule has 2 atom stereocenters. The summed E-state index contributed by atoms with van der Waals surface area (Å²) in [6, 6.07) is -0.704. The average Bonchev–Trinajstić information content (AvgIpc) is 2.80. The van der Waals surface area contributed by atoms with Crippen molar-refractivity contribution in [2.45, 2.75) is 92.5 Å². The third kappa shape index (κ3) is 19.2. The van der Waals surface area contributed by atoms with Gasteiger partial charge in [-0.1, -0.05) is 34.6 Å². The van der Waals surface area contributed by atoms with E-state index in [4.69, 9.17) is 18.9 Å². The van der Waals surface area contributed by atoms with E-state index in [1.807, 2.05) is 20.8 Å². The van der Waals surface area contributed by atoms with Gasteiger partial charge >= 0.3 is 11.9 Å². The van der Waals surface area contributed by atoms with Crippen molar-refractivity contribution in [3.05, 3.63) is 0 Å². The molecule has 0 aliphatic rings. The summed E-state index contributed by atoms with van der Waals surface area (Å²) < 4.78 is 21.4. The molecule has 1 N–H and O–H groups in total. The van der Waals surface area contributed by atoms with Crippen molar-refractivity contribution >= 4 is 23.6 Å². The summed E-state index contributed by atoms with van der Waals surface area (Å²) in [6.07, 6.45) is 4.06. The zero-order valence-electron chi connectivity index (χ0n) is 23.3. The van der Waals surface area contributed by atoms with Gasteiger partial charge in [-0.25, -0.2) is 4.79 Å². The summed E-state index contributed by atoms with van der Waals surface area (Å²) in [7, 11) is 0. The van der Waals surface area contributed by atoms with Gasteiger partial charge in [0, 0.05) is 12.8 Å². The number of hydrogen-bond donors (Lipinski definition) is 1. The first-order valence-corrected chi connectivity index (χ1v) is 13.3. The van der Waals surface area contributed by atoms with Gasteiger partial charge in [-0.3, -0.25) is 9.59 Å². The molecule has 210 valence electrons. The van der Waals surface area contributed by atoms with Gasteiger partial charge in [0.2, 0.25) is 5.91 Å². The van der Waals surface area contributed by atoms with Crippen LogP contribution < -0.4 is 5.32 Å². The third-order valence-electron chi connectivity index (χ3n) is 5.41. The average molecular weight is 516 g/mol. The van der Waals surface area contributed by atoms with Gasteiger partial charge in [0.1, 0.15) is 25.0 Å². The normalized spacial score (nSPS) is 12.9. The van der Waals surface area contributed by atoms with Crippen molar-refractivity contribution in [3.63, 3.8) is 0 Å². The second kappa shape index (κ2) is 21.1. The molecule has 0 spiro atoms. The van der Waals surface area contributed by atoms with Crippen molar-refractivity contribution < 1.29 is 38.1 Å². The van der Waals surface area contributed by atoms with E-state index in [9.17, 15) is 19.2 Å². The molecule has 0 bridgehead atoms. The number of amides is 1. The minimum Gasteiger partial charge on any atom is -0.463 e. The van der Waals surface area contributed by atoms with Crippen molar-refractivity contribution in [3.8, 4) is 0 Å². The maximum atomic E-state index is 12.4. The lowest BCUT2D eigenvalue weighted by atomic mass is 9.95. The molecule has 0 aromatic carbocycles. The van der Waals surface area contributed by atoms with Crippen LogP contribution in [-0.4, -0.2) is 69.3 Å². The number of unbranched alkanes of at least 4 members (excludes halogenated alkanes) is 1. The number of ether oxygens (including phenoxy) is 4. The SMILES string of the molecule is CCC(CC(C)C)C(=O)OCCOCCOCCOC(=O)C(CC(C)C)NC(=O)CCCCC(C)=O. The fraction of sp³-hybridized carbons (Fsp3) is 0.852. The molecule has 0 aromatic rings. The fourth-order valence-electron chi connectivity index (χ4n) is 3.55. The maximum Gasteiger partial charge on any atom is 0.328 e. The predicted molar refractivity (Wildman–Crippen MR) is 137 cm³/mol. The van der Waals surface area contributed by atoms with Gasteiger partial charge in [0.25, 0.3) is 0 Å². The Hall–Kier alpha value is -2.00. The highest BCUT2D eigenvalue weighted by molar-refractivity contribution is 5.84. The molecule has 0 radical (unpaired) electrons. The summed E-state index contributed by atoms with van der Waals surface area (Å²) in [5, 5.41) is 2.75. The van der Waals surface area contributed by atoms with E-state index >= 15 is 0 Å². The van der Waals surface area contributed by atoms with E-state index in [1.165, 1.54) is 6.92 Å². The molecule has 0 aromatic heterocycles. The topological polar surface area (TPSA) is 117 Å². The zero-order valence-corrected chi connectivity index (χ0v) is 23.3. The highest BCUT2D eigenvalue weighted by Gasteiger charge is 2.23. The monoisotopic (exact) mass is 515 g/mol. The Morgan fingerprint density at radius 1 is 0.694 bits per heavy atom. The van der Waals surface area contributed by atoms with Crippen LogP contribution >= 0.6 is 0 Å². The van der Waals surface area contributed by atoms with Crippen LogP contribution in [0.3, 0.4) is 0 Å². The fourth-order valence-corrected chi connectivity index (χ4v) is 3.55. The first-order valence-electron chi connectivity index (χ1n) is 13.3. The molecule has 0 rings (SSSR count). The molecule has 36 heavy (non-hydrogen) atoms. The second-order valence-corrected chi connectivity index (χ2v) is 9.95. The van der Waals surface area contributed by atoms with E-state index in [0.29, 0.717) is 51.4 Å². The Balaban J connectivity index is 3.99. The number of ketones is 1. The quantitative estimate of drug-likeness (QED) is 0.171. The van der Waals surface area contributed by atoms with Gasteiger partial charge in [-0.05, 0) is 50.9 Å². The van der Waals surface area contributed by atoms with Gasteiger partial charge in [0.15, 0.2) is 0 Å². The van der Waals surface area contributed by atoms with E-state index in [1.54, 1.807) is 0 Å². The molecule has 0 aliphatic heterocycles. The Morgan fingerprint density at radius 3 is 1.69 bits per heavy atom. The van der Waals surface area contributed by atoms with Crippen LogP contribution in [-0.2, 0) is 38.1 Å². The summed E-state index contributed by atoms with van der Waals surface area (Å²) in [6.45, 7) is 13.1. The molecule has 2 unspecified atom stereocenters. The first-order chi connectivity index (χ1) is 17.1. The first kappa shape index (κ1) is 34.0. The standard InChI is InChI=1S/C27H49NO8/c1-7-23(18-20(2)3)26(31)35-16-14-33-12-13-34-15-17-36-27(32)24(19-21(4)5)28-25(30)11-9-8-10-22(6)29/h20-21,23-24H,7-19H2,1-6H3,(H,28,30). The van der Waals surface area contributed by atoms with Gasteiger partial charge in [-0.2, -0.15) is 0 Å². The minimum atomic E-state index is -0.704. The largest absolute Gasteiger partial charge is 0.463 e. The maximum absolute atomic E-state index is 12.4. The highest BCUT2D eigenvalue weighted by atomic mass is 16.6. The van der Waals surface area contributed by atoms with Crippen LogP contribution in [0.2, 0.25) is 0 Å². The molecule has 0 saturated heterocycles. The van der Waals surface area contributed by atoms with Crippen molar-refractivity contribution in [1.82, 2.24) is 5.32 Å². The van der Waals surface area contributed by atoms with Gasteiger partial charge in [-0.15, -0.1) is 0 Å². The third-order valence-corrected chi connectivity index (χ3v) is 5.41. The van der Waals surface area contributed by atoms with Gasteiger partial charge in [0.05, 0.1) is 32.3 Å². The molecule has 0 heterocycles. The number of Topliss-reactive ketones (excluding diaryl/α,β-unsaturated/α-hetero) is 1.